The molecule has 2 rings (SSSR count). The molecule has 4 atom stereocenters. The van der Waals surface area contributed by atoms with E-state index in [0.717, 1.165) is 38.1 Å². The molecule has 1 aliphatic carbocycles. The molecular weight excluding hydrogens is 252 g/mol. The Morgan fingerprint density at radius 1 is 1.35 bits per heavy atom. The number of likely N-dealkylation sites (tertiary alicyclic amines) is 1. The molecule has 0 bridgehead atoms. The molecule has 4 unspecified atom stereocenters. The second-order valence-electron chi connectivity index (χ2n) is 6.94. The highest BCUT2D eigenvalue weighted by Crippen LogP contribution is 2.37. The van der Waals surface area contributed by atoms with E-state index in [4.69, 9.17) is 10.5 Å². The highest BCUT2D eigenvalue weighted by molar-refractivity contribution is 5.81. The molecule has 2 fully saturated rings. The van der Waals surface area contributed by atoms with Crippen molar-refractivity contribution in [1.82, 2.24) is 4.90 Å². The maximum Gasteiger partial charge on any atom is 0.326 e. The average molecular weight is 282 g/mol. The van der Waals surface area contributed by atoms with Gasteiger partial charge in [-0.15, -0.1) is 0 Å². The fourth-order valence-corrected chi connectivity index (χ4v) is 3.98. The van der Waals surface area contributed by atoms with Crippen molar-refractivity contribution < 1.29 is 9.53 Å². The predicted molar refractivity (Wildman–Crippen MR) is 80.3 cm³/mol. The van der Waals surface area contributed by atoms with Crippen LogP contribution in [0.4, 0.5) is 0 Å². The molecule has 0 amide bonds. The van der Waals surface area contributed by atoms with E-state index in [1.165, 1.54) is 26.5 Å². The smallest absolute Gasteiger partial charge is 0.326 e. The number of hydrogen-bond donors (Lipinski definition) is 1. The third kappa shape index (κ3) is 3.17. The first-order valence-corrected chi connectivity index (χ1v) is 8.08. The van der Waals surface area contributed by atoms with Crippen LogP contribution in [0.5, 0.6) is 0 Å². The van der Waals surface area contributed by atoms with Gasteiger partial charge in [0, 0.05) is 12.6 Å². The summed E-state index contributed by atoms with van der Waals surface area (Å²) in [5.41, 5.74) is 5.61. The van der Waals surface area contributed by atoms with E-state index < -0.39 is 5.54 Å². The molecular formula is C16H30N2O2. The van der Waals surface area contributed by atoms with Gasteiger partial charge in [0.05, 0.1) is 7.11 Å². The standard InChI is InChI=1S/C16H30N2O2/c1-12-6-7-13(2)18(11-12)10-8-14-5-4-9-16(14,17)15(19)20-3/h12-14H,4-11,17H2,1-3H3. The van der Waals surface area contributed by atoms with Crippen LogP contribution >= 0.6 is 0 Å². The molecule has 2 aliphatic rings. The van der Waals surface area contributed by atoms with Crippen molar-refractivity contribution in [3.63, 3.8) is 0 Å². The highest BCUT2D eigenvalue weighted by Gasteiger charge is 2.46. The number of nitrogens with zero attached hydrogens (tertiary/aromatic N) is 1. The van der Waals surface area contributed by atoms with E-state index in [9.17, 15) is 4.79 Å². The zero-order chi connectivity index (χ0) is 14.8. The minimum atomic E-state index is -0.737. The number of carbonyl (C=O) groups excluding carboxylic acids is 1. The minimum Gasteiger partial charge on any atom is -0.468 e. The number of piperidine rings is 1. The van der Waals surface area contributed by atoms with Crippen LogP contribution in [-0.4, -0.2) is 42.6 Å². The average Bonchev–Trinajstić information content (AvgIpc) is 2.81. The van der Waals surface area contributed by atoms with Gasteiger partial charge in [-0.25, -0.2) is 0 Å². The fourth-order valence-electron chi connectivity index (χ4n) is 3.98. The van der Waals surface area contributed by atoms with Gasteiger partial charge in [-0.1, -0.05) is 13.3 Å². The lowest BCUT2D eigenvalue weighted by Crippen LogP contribution is -2.52. The van der Waals surface area contributed by atoms with Gasteiger partial charge >= 0.3 is 5.97 Å². The maximum atomic E-state index is 12.0. The molecule has 4 nitrogen and oxygen atoms in total. The van der Waals surface area contributed by atoms with Gasteiger partial charge in [0.15, 0.2) is 0 Å². The lowest BCUT2D eigenvalue weighted by molar-refractivity contribution is -0.148. The molecule has 0 radical (unpaired) electrons. The zero-order valence-corrected chi connectivity index (χ0v) is 13.2. The lowest BCUT2D eigenvalue weighted by Gasteiger charge is -2.38. The van der Waals surface area contributed by atoms with Crippen LogP contribution in [0, 0.1) is 11.8 Å². The zero-order valence-electron chi connectivity index (χ0n) is 13.2. The van der Waals surface area contributed by atoms with Crippen LogP contribution in [0.25, 0.3) is 0 Å². The summed E-state index contributed by atoms with van der Waals surface area (Å²) in [5.74, 6) is 0.845. The van der Waals surface area contributed by atoms with Crippen LogP contribution in [0.1, 0.15) is 52.4 Å². The largest absolute Gasteiger partial charge is 0.468 e. The Morgan fingerprint density at radius 3 is 2.80 bits per heavy atom. The molecule has 20 heavy (non-hydrogen) atoms. The second kappa shape index (κ2) is 6.44. The molecule has 1 aliphatic heterocycles. The number of nitrogens with two attached hydrogens (primary N) is 1. The van der Waals surface area contributed by atoms with Crippen LogP contribution in [-0.2, 0) is 9.53 Å². The summed E-state index contributed by atoms with van der Waals surface area (Å²) < 4.78 is 4.92. The van der Waals surface area contributed by atoms with Gasteiger partial charge in [-0.2, -0.15) is 0 Å². The van der Waals surface area contributed by atoms with Crippen LogP contribution < -0.4 is 5.73 Å². The Kier molecular flexibility index (Phi) is 5.08. The predicted octanol–water partition coefficient (Wildman–Crippen LogP) is 2.17. The van der Waals surface area contributed by atoms with Crippen molar-refractivity contribution in [3.8, 4) is 0 Å². The first-order chi connectivity index (χ1) is 9.47. The molecule has 1 saturated heterocycles. The molecule has 116 valence electrons. The second-order valence-corrected chi connectivity index (χ2v) is 6.94. The summed E-state index contributed by atoms with van der Waals surface area (Å²) in [6.07, 6.45) is 6.52. The fraction of sp³-hybridized carbons (Fsp3) is 0.938. The van der Waals surface area contributed by atoms with Crippen molar-refractivity contribution >= 4 is 5.97 Å². The number of methoxy groups -OCH3 is 1. The molecule has 0 aromatic rings. The van der Waals surface area contributed by atoms with Crippen LogP contribution in [0.15, 0.2) is 0 Å². The first kappa shape index (κ1) is 15.8. The van der Waals surface area contributed by atoms with Gasteiger partial charge in [0.1, 0.15) is 5.54 Å². The Morgan fingerprint density at radius 2 is 2.10 bits per heavy atom. The topological polar surface area (TPSA) is 55.6 Å². The Balaban J connectivity index is 1.91. The lowest BCUT2D eigenvalue weighted by atomic mass is 9.85. The summed E-state index contributed by atoms with van der Waals surface area (Å²) in [7, 11) is 1.45. The normalized spacial score (nSPS) is 38.9. The van der Waals surface area contributed by atoms with Crippen LogP contribution in [0.3, 0.4) is 0 Å². The SMILES string of the molecule is COC(=O)C1(N)CCCC1CCN1CC(C)CCC1C. The highest BCUT2D eigenvalue weighted by atomic mass is 16.5. The van der Waals surface area contributed by atoms with Gasteiger partial charge in [-0.3, -0.25) is 4.79 Å². The monoisotopic (exact) mass is 282 g/mol. The number of hydrogen-bond acceptors (Lipinski definition) is 4. The molecule has 1 heterocycles. The van der Waals surface area contributed by atoms with Gasteiger partial charge in [0.2, 0.25) is 0 Å². The summed E-state index contributed by atoms with van der Waals surface area (Å²) in [5, 5.41) is 0. The van der Waals surface area contributed by atoms with Crippen molar-refractivity contribution in [1.29, 1.82) is 0 Å². The third-order valence-corrected chi connectivity index (χ3v) is 5.45. The van der Waals surface area contributed by atoms with Gasteiger partial charge in [-0.05, 0) is 57.4 Å². The Hall–Kier alpha value is -0.610. The van der Waals surface area contributed by atoms with Crippen molar-refractivity contribution in [3.05, 3.63) is 0 Å². The minimum absolute atomic E-state index is 0.222. The van der Waals surface area contributed by atoms with E-state index in [1.807, 2.05) is 0 Å². The number of esters is 1. The number of carbonyl (C=O) groups is 1. The van der Waals surface area contributed by atoms with E-state index in [0.29, 0.717) is 6.04 Å². The Labute approximate surface area is 123 Å². The third-order valence-electron chi connectivity index (χ3n) is 5.45. The first-order valence-electron chi connectivity index (χ1n) is 8.08. The molecule has 2 N–H and O–H groups in total. The van der Waals surface area contributed by atoms with Crippen molar-refractivity contribution in [2.75, 3.05) is 20.2 Å². The Bertz CT molecular complexity index is 347. The number of rotatable bonds is 4. The van der Waals surface area contributed by atoms with E-state index in [1.54, 1.807) is 0 Å². The molecule has 4 heteroatoms. The van der Waals surface area contributed by atoms with E-state index in [-0.39, 0.29) is 11.9 Å². The molecule has 0 spiro atoms. The summed E-state index contributed by atoms with van der Waals surface area (Å²) in [6, 6.07) is 0.665. The summed E-state index contributed by atoms with van der Waals surface area (Å²) >= 11 is 0. The van der Waals surface area contributed by atoms with Crippen molar-refractivity contribution in [2.45, 2.75) is 64.0 Å². The summed E-state index contributed by atoms with van der Waals surface area (Å²) in [4.78, 5) is 14.5. The quantitative estimate of drug-likeness (QED) is 0.803. The van der Waals surface area contributed by atoms with E-state index >= 15 is 0 Å². The van der Waals surface area contributed by atoms with Gasteiger partial charge < -0.3 is 15.4 Å². The van der Waals surface area contributed by atoms with Gasteiger partial charge in [0.25, 0.3) is 0 Å². The molecule has 1 saturated carbocycles. The van der Waals surface area contributed by atoms with Crippen LogP contribution in [0.2, 0.25) is 0 Å². The molecule has 0 aromatic heterocycles. The summed E-state index contributed by atoms with van der Waals surface area (Å²) in [6.45, 7) is 6.89. The number of ether oxygens (including phenoxy) is 1. The molecule has 0 aromatic carbocycles. The maximum absolute atomic E-state index is 12.0. The van der Waals surface area contributed by atoms with E-state index in [2.05, 4.69) is 18.7 Å². The van der Waals surface area contributed by atoms with Crippen molar-refractivity contribution in [2.24, 2.45) is 17.6 Å².